The second-order valence-corrected chi connectivity index (χ2v) is 8.47. The summed E-state index contributed by atoms with van der Waals surface area (Å²) in [6, 6.07) is 4.19. The van der Waals surface area contributed by atoms with Crippen molar-refractivity contribution in [1.82, 2.24) is 19.9 Å². The highest BCUT2D eigenvalue weighted by atomic mass is 32.1. The summed E-state index contributed by atoms with van der Waals surface area (Å²) < 4.78 is 0. The quantitative estimate of drug-likeness (QED) is 0.688. The molecule has 1 saturated heterocycles. The Bertz CT molecular complexity index is 995. The third kappa shape index (κ3) is 3.83. The number of nitrogens with zero attached hydrogens (tertiary/aromatic N) is 4. The Kier molecular flexibility index (Phi) is 5.23. The van der Waals surface area contributed by atoms with E-state index in [9.17, 15) is 4.79 Å². The molecule has 7 nitrogen and oxygen atoms in total. The molecule has 1 amide bonds. The molecule has 0 saturated carbocycles. The van der Waals surface area contributed by atoms with Gasteiger partial charge in [-0.05, 0) is 44.4 Å². The van der Waals surface area contributed by atoms with Gasteiger partial charge in [0, 0.05) is 42.0 Å². The number of amides is 1. The van der Waals surface area contributed by atoms with Crippen LogP contribution in [-0.2, 0) is 4.79 Å². The standard InChI is InChI=1S/C20H24N6OS/c1-12-13(2)28-20-17(12)19(24-18(25-20)14-4-3-7-22-10-14)23-15-5-8-26(9-6-15)11-16(21)27/h3-4,7,10,15H,5-6,8-9,11H2,1-2H3,(H2,21,27)(H,23,24,25). The Morgan fingerprint density at radius 3 is 2.79 bits per heavy atom. The van der Waals surface area contributed by atoms with E-state index in [1.807, 2.05) is 12.1 Å². The average molecular weight is 397 g/mol. The predicted molar refractivity (Wildman–Crippen MR) is 112 cm³/mol. The van der Waals surface area contributed by atoms with Gasteiger partial charge in [-0.15, -0.1) is 11.3 Å². The monoisotopic (exact) mass is 396 g/mol. The van der Waals surface area contributed by atoms with Crippen LogP contribution < -0.4 is 11.1 Å². The molecule has 3 N–H and O–H groups in total. The Hall–Kier alpha value is -2.58. The molecule has 28 heavy (non-hydrogen) atoms. The summed E-state index contributed by atoms with van der Waals surface area (Å²) in [4.78, 5) is 29.4. The van der Waals surface area contributed by atoms with Crippen LogP contribution in [0, 0.1) is 13.8 Å². The number of primary amides is 1. The van der Waals surface area contributed by atoms with E-state index in [-0.39, 0.29) is 5.91 Å². The molecule has 0 aliphatic carbocycles. The Morgan fingerprint density at radius 1 is 1.32 bits per heavy atom. The number of hydrogen-bond acceptors (Lipinski definition) is 7. The lowest BCUT2D eigenvalue weighted by molar-refractivity contribution is -0.119. The molecule has 0 radical (unpaired) electrons. The van der Waals surface area contributed by atoms with Gasteiger partial charge < -0.3 is 11.1 Å². The summed E-state index contributed by atoms with van der Waals surface area (Å²) in [6.45, 7) is 6.29. The predicted octanol–water partition coefficient (Wildman–Crippen LogP) is 2.73. The lowest BCUT2D eigenvalue weighted by Crippen LogP contribution is -2.43. The molecule has 8 heteroatoms. The number of aromatic nitrogens is 3. The molecule has 1 aliphatic rings. The zero-order chi connectivity index (χ0) is 19.7. The van der Waals surface area contributed by atoms with Crippen LogP contribution in [0.5, 0.6) is 0 Å². The number of hydrogen-bond donors (Lipinski definition) is 2. The topological polar surface area (TPSA) is 97.0 Å². The number of pyridine rings is 1. The van der Waals surface area contributed by atoms with Crippen molar-refractivity contribution in [2.45, 2.75) is 32.7 Å². The fourth-order valence-corrected chi connectivity index (χ4v) is 4.66. The van der Waals surface area contributed by atoms with Crippen LogP contribution in [-0.4, -0.2) is 51.4 Å². The van der Waals surface area contributed by atoms with Gasteiger partial charge in [-0.25, -0.2) is 9.97 Å². The average Bonchev–Trinajstić information content (AvgIpc) is 2.98. The van der Waals surface area contributed by atoms with Crippen LogP contribution in [0.1, 0.15) is 23.3 Å². The SMILES string of the molecule is Cc1sc2nc(-c3cccnc3)nc(NC3CCN(CC(N)=O)CC3)c2c1C. The fourth-order valence-electron chi connectivity index (χ4n) is 3.63. The first-order valence-corrected chi connectivity index (χ1v) is 10.3. The van der Waals surface area contributed by atoms with E-state index in [0.717, 1.165) is 47.5 Å². The number of aryl methyl sites for hydroxylation is 2. The Balaban J connectivity index is 1.63. The van der Waals surface area contributed by atoms with Gasteiger partial charge in [-0.2, -0.15) is 0 Å². The third-order valence-corrected chi connectivity index (χ3v) is 6.36. The van der Waals surface area contributed by atoms with Crippen LogP contribution >= 0.6 is 11.3 Å². The van der Waals surface area contributed by atoms with Crippen molar-refractivity contribution in [2.75, 3.05) is 25.0 Å². The highest BCUT2D eigenvalue weighted by Gasteiger charge is 2.23. The highest BCUT2D eigenvalue weighted by Crippen LogP contribution is 2.35. The summed E-state index contributed by atoms with van der Waals surface area (Å²) in [5.74, 6) is 1.31. The summed E-state index contributed by atoms with van der Waals surface area (Å²) in [5.41, 5.74) is 7.46. The van der Waals surface area contributed by atoms with E-state index in [1.54, 1.807) is 23.7 Å². The van der Waals surface area contributed by atoms with E-state index < -0.39 is 0 Å². The van der Waals surface area contributed by atoms with Crippen LogP contribution in [0.2, 0.25) is 0 Å². The number of piperidine rings is 1. The van der Waals surface area contributed by atoms with E-state index in [4.69, 9.17) is 15.7 Å². The minimum atomic E-state index is -0.269. The van der Waals surface area contributed by atoms with E-state index in [1.165, 1.54) is 10.4 Å². The van der Waals surface area contributed by atoms with Gasteiger partial charge in [-0.1, -0.05) is 0 Å². The van der Waals surface area contributed by atoms with Gasteiger partial charge in [0.15, 0.2) is 5.82 Å². The zero-order valence-corrected chi connectivity index (χ0v) is 16.9. The summed E-state index contributed by atoms with van der Waals surface area (Å²) >= 11 is 1.70. The first kappa shape index (κ1) is 18.8. The molecule has 4 heterocycles. The van der Waals surface area contributed by atoms with Gasteiger partial charge in [-0.3, -0.25) is 14.7 Å². The Labute approximate surface area is 168 Å². The van der Waals surface area contributed by atoms with E-state index in [0.29, 0.717) is 18.4 Å². The van der Waals surface area contributed by atoms with Crippen molar-refractivity contribution >= 4 is 33.3 Å². The first-order chi connectivity index (χ1) is 13.5. The van der Waals surface area contributed by atoms with Crippen molar-refractivity contribution in [2.24, 2.45) is 5.73 Å². The number of nitrogens with two attached hydrogens (primary N) is 1. The first-order valence-electron chi connectivity index (χ1n) is 9.46. The maximum absolute atomic E-state index is 11.1. The minimum Gasteiger partial charge on any atom is -0.369 e. The number of carbonyl (C=O) groups is 1. The van der Waals surface area contributed by atoms with Crippen molar-refractivity contribution in [3.8, 4) is 11.4 Å². The van der Waals surface area contributed by atoms with E-state index in [2.05, 4.69) is 29.0 Å². The molecule has 1 aliphatic heterocycles. The molecule has 0 aromatic carbocycles. The molecular formula is C20H24N6OS. The molecule has 4 rings (SSSR count). The highest BCUT2D eigenvalue weighted by molar-refractivity contribution is 7.18. The maximum atomic E-state index is 11.1. The Morgan fingerprint density at radius 2 is 2.11 bits per heavy atom. The van der Waals surface area contributed by atoms with Gasteiger partial charge in [0.25, 0.3) is 0 Å². The number of anilines is 1. The van der Waals surface area contributed by atoms with E-state index >= 15 is 0 Å². The maximum Gasteiger partial charge on any atom is 0.231 e. The van der Waals surface area contributed by atoms with Gasteiger partial charge >= 0.3 is 0 Å². The van der Waals surface area contributed by atoms with Gasteiger partial charge in [0.05, 0.1) is 11.9 Å². The van der Waals surface area contributed by atoms with Crippen LogP contribution in [0.3, 0.4) is 0 Å². The summed E-state index contributed by atoms with van der Waals surface area (Å²) in [5, 5.41) is 4.76. The van der Waals surface area contributed by atoms with Crippen molar-refractivity contribution in [3.05, 3.63) is 35.0 Å². The lowest BCUT2D eigenvalue weighted by atomic mass is 10.0. The molecule has 0 atom stereocenters. The number of carbonyl (C=O) groups excluding carboxylic acids is 1. The number of likely N-dealkylation sites (tertiary alicyclic amines) is 1. The smallest absolute Gasteiger partial charge is 0.231 e. The number of rotatable bonds is 5. The zero-order valence-electron chi connectivity index (χ0n) is 16.1. The largest absolute Gasteiger partial charge is 0.369 e. The normalized spacial score (nSPS) is 15.8. The van der Waals surface area contributed by atoms with Crippen molar-refractivity contribution in [1.29, 1.82) is 0 Å². The number of nitrogens with one attached hydrogen (secondary N) is 1. The van der Waals surface area contributed by atoms with Crippen molar-refractivity contribution < 1.29 is 4.79 Å². The molecule has 1 fully saturated rings. The molecule has 3 aromatic rings. The van der Waals surface area contributed by atoms with Crippen LogP contribution in [0.15, 0.2) is 24.5 Å². The number of thiophene rings is 1. The second kappa shape index (κ2) is 7.81. The fraction of sp³-hybridized carbons (Fsp3) is 0.400. The molecular weight excluding hydrogens is 372 g/mol. The number of fused-ring (bicyclic) bond motifs is 1. The molecule has 0 bridgehead atoms. The van der Waals surface area contributed by atoms with Crippen LogP contribution in [0.4, 0.5) is 5.82 Å². The minimum absolute atomic E-state index is 0.269. The molecule has 0 unspecified atom stereocenters. The summed E-state index contributed by atoms with van der Waals surface area (Å²) in [7, 11) is 0. The lowest BCUT2D eigenvalue weighted by Gasteiger charge is -2.31. The summed E-state index contributed by atoms with van der Waals surface area (Å²) in [6.07, 6.45) is 5.44. The van der Waals surface area contributed by atoms with Gasteiger partial charge in [0.1, 0.15) is 10.6 Å². The van der Waals surface area contributed by atoms with Gasteiger partial charge in [0.2, 0.25) is 5.91 Å². The van der Waals surface area contributed by atoms with Crippen LogP contribution in [0.25, 0.3) is 21.6 Å². The third-order valence-electron chi connectivity index (χ3n) is 5.26. The molecule has 0 spiro atoms. The molecule has 3 aromatic heterocycles. The van der Waals surface area contributed by atoms with Crippen molar-refractivity contribution in [3.63, 3.8) is 0 Å². The molecule has 146 valence electrons. The second-order valence-electron chi connectivity index (χ2n) is 7.26.